The number of H-pyrrole nitrogens is 1. The summed E-state index contributed by atoms with van der Waals surface area (Å²) >= 11 is 0. The number of rotatable bonds is 6. The third kappa shape index (κ3) is 4.23. The van der Waals surface area contributed by atoms with E-state index >= 15 is 0 Å². The first-order chi connectivity index (χ1) is 23.1. The van der Waals surface area contributed by atoms with Crippen molar-refractivity contribution in [2.75, 3.05) is 6.61 Å². The Balaban J connectivity index is 1.43. The molecule has 0 saturated carbocycles. The minimum Gasteiger partial charge on any atom is -0.508 e. The fourth-order valence-electron chi connectivity index (χ4n) is 6.99. The number of nitrogens with one attached hydrogen (secondary N) is 2. The molecule has 0 bridgehead atoms. The number of hydrogen-bond acceptors (Lipinski definition) is 12. The quantitative estimate of drug-likeness (QED) is 0.114. The predicted octanol–water partition coefficient (Wildman–Crippen LogP) is 1.00. The number of aliphatic hydroxyl groups excluding tert-OH is 5. The lowest BCUT2D eigenvalue weighted by molar-refractivity contribution is -0.249. The molecule has 6 aromatic rings. The average Bonchev–Trinajstić information content (AvgIpc) is 3.69. The van der Waals surface area contributed by atoms with E-state index in [1.54, 1.807) is 30.3 Å². The van der Waals surface area contributed by atoms with Crippen molar-refractivity contribution >= 4 is 55.4 Å². The molecule has 2 aliphatic rings. The maximum Gasteiger partial charge on any atom is 0.276 e. The van der Waals surface area contributed by atoms with Crippen LogP contribution in [0.4, 0.5) is 0 Å². The Bertz CT molecular complexity index is 2310. The van der Waals surface area contributed by atoms with Gasteiger partial charge in [0.25, 0.3) is 11.8 Å². The van der Waals surface area contributed by atoms with E-state index in [-0.39, 0.29) is 52.2 Å². The number of hydrogen-bond donors (Lipinski definition) is 9. The van der Waals surface area contributed by atoms with Gasteiger partial charge in [-0.05, 0) is 36.4 Å². The van der Waals surface area contributed by atoms with E-state index in [1.165, 1.54) is 28.8 Å². The summed E-state index contributed by atoms with van der Waals surface area (Å²) in [6, 6.07) is 13.8. The van der Waals surface area contributed by atoms with Crippen LogP contribution in [0.25, 0.3) is 43.6 Å². The van der Waals surface area contributed by atoms with Crippen LogP contribution in [0.2, 0.25) is 0 Å². The average molecular weight is 656 g/mol. The van der Waals surface area contributed by atoms with Crippen molar-refractivity contribution in [2.24, 2.45) is 0 Å². The standard InChI is InChI=1S/C33H29N5O10/c39-11-14-3-1-2-13(35-14)10-34-38-31(46)24-22-17-6-4-15(41)8-19(17)36-26(22)27-23(25(24)32(38)47)18-7-5-16(42)9-20(18)37(27)33-30(45)29(44)28(43)21(12-40)48-33/h1-9,21,28-30,33-34,36,39-45H,10-12H2. The van der Waals surface area contributed by atoms with Gasteiger partial charge in [0.1, 0.15) is 35.9 Å². The monoisotopic (exact) mass is 655 g/mol. The lowest BCUT2D eigenvalue weighted by Gasteiger charge is -2.41. The molecular formula is C33H29N5O10. The molecule has 246 valence electrons. The van der Waals surface area contributed by atoms with Crippen LogP contribution in [0.5, 0.6) is 11.5 Å². The van der Waals surface area contributed by atoms with Crippen molar-refractivity contribution in [1.29, 1.82) is 0 Å². The Labute approximate surface area is 269 Å². The van der Waals surface area contributed by atoms with Gasteiger partial charge in [-0.3, -0.25) is 14.6 Å². The van der Waals surface area contributed by atoms with E-state index < -0.39 is 49.1 Å². The predicted molar refractivity (Wildman–Crippen MR) is 169 cm³/mol. The van der Waals surface area contributed by atoms with Gasteiger partial charge in [-0.2, -0.15) is 0 Å². The molecule has 3 aromatic heterocycles. The maximum atomic E-state index is 14.4. The van der Waals surface area contributed by atoms with Crippen molar-refractivity contribution < 1.29 is 50.1 Å². The largest absolute Gasteiger partial charge is 0.508 e. The molecule has 3 aromatic carbocycles. The molecule has 2 amide bonds. The summed E-state index contributed by atoms with van der Waals surface area (Å²) in [5.41, 5.74) is 5.06. The van der Waals surface area contributed by atoms with E-state index in [2.05, 4.69) is 15.4 Å². The van der Waals surface area contributed by atoms with E-state index in [1.807, 2.05) is 0 Å². The van der Waals surface area contributed by atoms with Crippen molar-refractivity contribution in [3.63, 3.8) is 0 Å². The van der Waals surface area contributed by atoms with Gasteiger partial charge < -0.3 is 50.0 Å². The molecule has 2 aliphatic heterocycles. The number of aliphatic hydroxyl groups is 5. The zero-order valence-corrected chi connectivity index (χ0v) is 24.9. The highest BCUT2D eigenvalue weighted by atomic mass is 16.6. The van der Waals surface area contributed by atoms with Crippen LogP contribution in [-0.4, -0.2) is 98.1 Å². The Morgan fingerprint density at radius 1 is 0.833 bits per heavy atom. The number of carbonyl (C=O) groups excluding carboxylic acids is 2. The molecule has 15 heteroatoms. The number of hydrazine groups is 1. The second kappa shape index (κ2) is 11.0. The smallest absolute Gasteiger partial charge is 0.276 e. The highest BCUT2D eigenvalue weighted by Crippen LogP contribution is 2.47. The van der Waals surface area contributed by atoms with Gasteiger partial charge in [0, 0.05) is 33.7 Å². The number of fused-ring (bicyclic) bond motifs is 10. The first kappa shape index (κ1) is 30.2. The molecule has 5 atom stereocenters. The first-order valence-corrected chi connectivity index (χ1v) is 15.1. The van der Waals surface area contributed by atoms with Crippen LogP contribution >= 0.6 is 0 Å². The molecule has 5 heterocycles. The Kier molecular flexibility index (Phi) is 6.90. The van der Waals surface area contributed by atoms with E-state index in [9.17, 15) is 45.3 Å². The maximum absolute atomic E-state index is 14.4. The molecular weight excluding hydrogens is 626 g/mol. The van der Waals surface area contributed by atoms with Gasteiger partial charge in [-0.25, -0.2) is 10.4 Å². The van der Waals surface area contributed by atoms with Crippen LogP contribution in [-0.2, 0) is 17.9 Å². The van der Waals surface area contributed by atoms with Crippen LogP contribution in [0.1, 0.15) is 38.3 Å². The van der Waals surface area contributed by atoms with Crippen LogP contribution in [0, 0.1) is 0 Å². The zero-order valence-electron chi connectivity index (χ0n) is 24.9. The number of aromatic nitrogens is 3. The number of pyridine rings is 1. The van der Waals surface area contributed by atoms with Crippen molar-refractivity contribution in [3.05, 3.63) is 77.1 Å². The normalized spacial score (nSPS) is 22.9. The second-order valence-electron chi connectivity index (χ2n) is 11.9. The highest BCUT2D eigenvalue weighted by molar-refractivity contribution is 6.39. The third-order valence-corrected chi connectivity index (χ3v) is 9.16. The Hall–Kier alpha value is -5.13. The van der Waals surface area contributed by atoms with Crippen molar-refractivity contribution in [1.82, 2.24) is 25.0 Å². The van der Waals surface area contributed by atoms with Crippen molar-refractivity contribution in [2.45, 2.75) is 43.8 Å². The summed E-state index contributed by atoms with van der Waals surface area (Å²) in [6.07, 6.45) is -7.85. The number of aromatic amines is 1. The molecule has 48 heavy (non-hydrogen) atoms. The number of benzene rings is 3. The Morgan fingerprint density at radius 3 is 2.25 bits per heavy atom. The van der Waals surface area contributed by atoms with Gasteiger partial charge in [-0.1, -0.05) is 6.07 Å². The summed E-state index contributed by atoms with van der Waals surface area (Å²) in [7, 11) is 0. The number of phenols is 2. The number of ether oxygens (including phenoxy) is 1. The highest BCUT2D eigenvalue weighted by Gasteiger charge is 2.47. The van der Waals surface area contributed by atoms with Gasteiger partial charge in [0.15, 0.2) is 6.23 Å². The molecule has 15 nitrogen and oxygen atoms in total. The number of carbonyl (C=O) groups is 2. The van der Waals surface area contributed by atoms with Gasteiger partial charge in [0.2, 0.25) is 0 Å². The van der Waals surface area contributed by atoms with Crippen molar-refractivity contribution in [3.8, 4) is 11.5 Å². The molecule has 9 N–H and O–H groups in total. The second-order valence-corrected chi connectivity index (χ2v) is 11.9. The topological polar surface area (TPSA) is 234 Å². The molecule has 0 spiro atoms. The van der Waals surface area contributed by atoms with E-state index in [4.69, 9.17) is 4.74 Å². The van der Waals surface area contributed by atoms with E-state index in [0.29, 0.717) is 38.6 Å². The van der Waals surface area contributed by atoms with Gasteiger partial charge in [-0.15, -0.1) is 0 Å². The Morgan fingerprint density at radius 2 is 1.52 bits per heavy atom. The van der Waals surface area contributed by atoms with Crippen LogP contribution in [0.15, 0.2) is 54.6 Å². The van der Waals surface area contributed by atoms with E-state index in [0.717, 1.165) is 5.01 Å². The fourth-order valence-corrected chi connectivity index (χ4v) is 6.99. The number of amides is 2. The summed E-state index contributed by atoms with van der Waals surface area (Å²) in [4.78, 5) is 36.2. The zero-order chi connectivity index (χ0) is 33.6. The molecule has 1 saturated heterocycles. The molecule has 8 rings (SSSR count). The molecule has 1 fully saturated rings. The minimum absolute atomic E-state index is 0.0140. The summed E-state index contributed by atoms with van der Waals surface area (Å²) in [5, 5.41) is 75.3. The first-order valence-electron chi connectivity index (χ1n) is 15.1. The van der Waals surface area contributed by atoms with Crippen LogP contribution < -0.4 is 5.43 Å². The molecule has 0 radical (unpaired) electrons. The number of phenolic OH excluding ortho intramolecular Hbond substituents is 2. The number of imide groups is 1. The molecule has 0 aliphatic carbocycles. The lowest BCUT2D eigenvalue weighted by Crippen LogP contribution is -2.56. The summed E-state index contributed by atoms with van der Waals surface area (Å²) in [5.74, 6) is -1.60. The van der Waals surface area contributed by atoms with Crippen LogP contribution in [0.3, 0.4) is 0 Å². The third-order valence-electron chi connectivity index (χ3n) is 9.16. The van der Waals surface area contributed by atoms with Gasteiger partial charge in [0.05, 0.1) is 64.3 Å². The number of aromatic hydroxyl groups is 2. The SMILES string of the molecule is O=C1c2c(c3c4ccc(O)cc4n(C4OC(CO)C(O)C(O)C4O)c3c3[nH]c4cc(O)ccc4c23)C(=O)N1NCc1cccc(CO)n1. The summed E-state index contributed by atoms with van der Waals surface area (Å²) < 4.78 is 7.45. The minimum atomic E-state index is -1.74. The number of nitrogens with zero attached hydrogens (tertiary/aromatic N) is 3. The summed E-state index contributed by atoms with van der Waals surface area (Å²) in [6.45, 7) is -1.02. The molecule has 5 unspecified atom stereocenters. The lowest BCUT2D eigenvalue weighted by atomic mass is 9.96. The fraction of sp³-hybridized carbons (Fsp3) is 0.242. The van der Waals surface area contributed by atoms with Gasteiger partial charge >= 0.3 is 0 Å².